The predicted octanol–water partition coefficient (Wildman–Crippen LogP) is 3.09. The highest BCUT2D eigenvalue weighted by atomic mass is 15.0. The molecule has 0 aromatic carbocycles. The number of hydrogen-bond acceptors (Lipinski definition) is 4. The molecule has 2 rings (SSSR count). The average Bonchev–Trinajstić information content (AvgIpc) is 2.44. The van der Waals surface area contributed by atoms with Crippen LogP contribution in [-0.2, 0) is 0 Å². The van der Waals surface area contributed by atoms with E-state index < -0.39 is 0 Å². The maximum atomic E-state index is 5.90. The van der Waals surface area contributed by atoms with Gasteiger partial charge in [0.2, 0.25) is 0 Å². The van der Waals surface area contributed by atoms with E-state index >= 15 is 0 Å². The fourth-order valence-electron chi connectivity index (χ4n) is 3.04. The van der Waals surface area contributed by atoms with Crippen molar-refractivity contribution in [2.75, 3.05) is 18.4 Å². The Balaban J connectivity index is 1.99. The van der Waals surface area contributed by atoms with Gasteiger partial charge in [0.05, 0.1) is 0 Å². The first-order chi connectivity index (χ1) is 9.60. The molecule has 2 unspecified atom stereocenters. The van der Waals surface area contributed by atoms with E-state index in [-0.39, 0.29) is 0 Å². The van der Waals surface area contributed by atoms with Crippen molar-refractivity contribution in [3.8, 4) is 0 Å². The van der Waals surface area contributed by atoms with Crippen LogP contribution < -0.4 is 11.1 Å². The van der Waals surface area contributed by atoms with Gasteiger partial charge in [-0.1, -0.05) is 26.7 Å². The van der Waals surface area contributed by atoms with Crippen LogP contribution in [0, 0.1) is 18.8 Å². The number of aromatic nitrogens is 2. The lowest BCUT2D eigenvalue weighted by Crippen LogP contribution is -2.31. The summed E-state index contributed by atoms with van der Waals surface area (Å²) >= 11 is 0. The lowest BCUT2D eigenvalue weighted by atomic mass is 9.79. The SMILES string of the molecule is Cc1cc(NCC2CCCCC2CN)nc(C(C)C)n1. The molecule has 1 aliphatic rings. The number of nitrogens with zero attached hydrogens (tertiary/aromatic N) is 2. The van der Waals surface area contributed by atoms with E-state index in [0.717, 1.165) is 30.4 Å². The summed E-state index contributed by atoms with van der Waals surface area (Å²) in [4.78, 5) is 9.10. The second-order valence-electron chi connectivity index (χ2n) is 6.33. The van der Waals surface area contributed by atoms with E-state index in [1.165, 1.54) is 25.7 Å². The molecular weight excluding hydrogens is 248 g/mol. The van der Waals surface area contributed by atoms with Crippen molar-refractivity contribution in [3.63, 3.8) is 0 Å². The van der Waals surface area contributed by atoms with Gasteiger partial charge in [0.15, 0.2) is 0 Å². The summed E-state index contributed by atoms with van der Waals surface area (Å²) in [6.45, 7) is 8.08. The fraction of sp³-hybridized carbons (Fsp3) is 0.750. The first-order valence-corrected chi connectivity index (χ1v) is 7.89. The van der Waals surface area contributed by atoms with Crippen LogP contribution in [0.15, 0.2) is 6.07 Å². The Morgan fingerprint density at radius 1 is 1.25 bits per heavy atom. The third-order valence-electron chi connectivity index (χ3n) is 4.30. The minimum Gasteiger partial charge on any atom is -0.370 e. The number of rotatable bonds is 5. The van der Waals surface area contributed by atoms with Crippen molar-refractivity contribution in [1.29, 1.82) is 0 Å². The Hall–Kier alpha value is -1.16. The van der Waals surface area contributed by atoms with Gasteiger partial charge in [-0.15, -0.1) is 0 Å². The van der Waals surface area contributed by atoms with E-state index in [1.807, 2.05) is 13.0 Å². The molecule has 1 aliphatic carbocycles. The van der Waals surface area contributed by atoms with Gasteiger partial charge in [-0.05, 0) is 38.1 Å². The van der Waals surface area contributed by atoms with Crippen molar-refractivity contribution in [1.82, 2.24) is 9.97 Å². The summed E-state index contributed by atoms with van der Waals surface area (Å²) in [5.74, 6) is 3.60. The maximum Gasteiger partial charge on any atom is 0.133 e. The second kappa shape index (κ2) is 7.02. The smallest absolute Gasteiger partial charge is 0.133 e. The van der Waals surface area contributed by atoms with Gasteiger partial charge in [0.25, 0.3) is 0 Å². The van der Waals surface area contributed by atoms with Gasteiger partial charge in [0.1, 0.15) is 11.6 Å². The minimum atomic E-state index is 0.363. The molecule has 1 aromatic heterocycles. The van der Waals surface area contributed by atoms with Crippen LogP contribution in [0.4, 0.5) is 5.82 Å². The first-order valence-electron chi connectivity index (χ1n) is 7.89. The van der Waals surface area contributed by atoms with Gasteiger partial charge in [-0.25, -0.2) is 9.97 Å². The molecular formula is C16H28N4. The van der Waals surface area contributed by atoms with E-state index in [4.69, 9.17) is 5.73 Å². The zero-order chi connectivity index (χ0) is 14.5. The summed E-state index contributed by atoms with van der Waals surface area (Å²) in [5.41, 5.74) is 6.93. The van der Waals surface area contributed by atoms with Gasteiger partial charge < -0.3 is 11.1 Å². The Kier molecular flexibility index (Phi) is 5.35. The molecule has 2 atom stereocenters. The number of aryl methyl sites for hydroxylation is 1. The molecule has 0 spiro atoms. The van der Waals surface area contributed by atoms with Crippen LogP contribution >= 0.6 is 0 Å². The standard InChI is InChI=1S/C16H28N4/c1-11(2)16-19-12(3)8-15(20-16)18-10-14-7-5-4-6-13(14)9-17/h8,11,13-14H,4-7,9-10,17H2,1-3H3,(H,18,19,20). The molecule has 1 fully saturated rings. The molecule has 0 aliphatic heterocycles. The normalized spacial score (nSPS) is 23.1. The molecule has 20 heavy (non-hydrogen) atoms. The summed E-state index contributed by atoms with van der Waals surface area (Å²) in [6.07, 6.45) is 5.24. The largest absolute Gasteiger partial charge is 0.370 e. The second-order valence-corrected chi connectivity index (χ2v) is 6.33. The Labute approximate surface area is 122 Å². The van der Waals surface area contributed by atoms with Crippen LogP contribution in [0.1, 0.15) is 57.0 Å². The van der Waals surface area contributed by atoms with E-state index in [2.05, 4.69) is 29.1 Å². The number of anilines is 1. The third-order valence-corrected chi connectivity index (χ3v) is 4.30. The van der Waals surface area contributed by atoms with Gasteiger partial charge in [-0.2, -0.15) is 0 Å². The highest BCUT2D eigenvalue weighted by molar-refractivity contribution is 5.36. The summed E-state index contributed by atoms with van der Waals surface area (Å²) in [6, 6.07) is 2.03. The molecule has 1 saturated carbocycles. The first kappa shape index (κ1) is 15.2. The molecule has 0 amide bonds. The maximum absolute atomic E-state index is 5.90. The van der Waals surface area contributed by atoms with Gasteiger partial charge >= 0.3 is 0 Å². The Morgan fingerprint density at radius 2 is 1.95 bits per heavy atom. The molecule has 3 N–H and O–H groups in total. The molecule has 1 aromatic rings. The lowest BCUT2D eigenvalue weighted by molar-refractivity contribution is 0.255. The predicted molar refractivity (Wildman–Crippen MR) is 83.9 cm³/mol. The van der Waals surface area contributed by atoms with E-state index in [1.54, 1.807) is 0 Å². The quantitative estimate of drug-likeness (QED) is 0.867. The average molecular weight is 276 g/mol. The fourth-order valence-corrected chi connectivity index (χ4v) is 3.04. The highest BCUT2D eigenvalue weighted by Gasteiger charge is 2.23. The topological polar surface area (TPSA) is 63.8 Å². The molecule has 4 heteroatoms. The van der Waals surface area contributed by atoms with Crippen molar-refractivity contribution in [3.05, 3.63) is 17.6 Å². The van der Waals surface area contributed by atoms with E-state index in [0.29, 0.717) is 17.8 Å². The monoisotopic (exact) mass is 276 g/mol. The van der Waals surface area contributed by atoms with Gasteiger partial charge in [0, 0.05) is 24.2 Å². The number of hydrogen-bond donors (Lipinski definition) is 2. The molecule has 0 bridgehead atoms. The molecule has 1 heterocycles. The van der Waals surface area contributed by atoms with Crippen molar-refractivity contribution in [2.45, 2.75) is 52.4 Å². The summed E-state index contributed by atoms with van der Waals surface area (Å²) in [5, 5.41) is 3.51. The molecule has 112 valence electrons. The van der Waals surface area contributed by atoms with Crippen LogP contribution in [0.5, 0.6) is 0 Å². The molecule has 0 radical (unpaired) electrons. The van der Waals surface area contributed by atoms with Crippen LogP contribution in [0.3, 0.4) is 0 Å². The van der Waals surface area contributed by atoms with Gasteiger partial charge in [-0.3, -0.25) is 0 Å². The Bertz CT molecular complexity index is 430. The lowest BCUT2D eigenvalue weighted by Gasteiger charge is -2.30. The summed E-state index contributed by atoms with van der Waals surface area (Å²) < 4.78 is 0. The zero-order valence-corrected chi connectivity index (χ0v) is 13.0. The number of nitrogens with two attached hydrogens (primary N) is 1. The van der Waals surface area contributed by atoms with E-state index in [9.17, 15) is 0 Å². The van der Waals surface area contributed by atoms with Crippen LogP contribution in [0.2, 0.25) is 0 Å². The summed E-state index contributed by atoms with van der Waals surface area (Å²) in [7, 11) is 0. The minimum absolute atomic E-state index is 0.363. The Morgan fingerprint density at radius 3 is 2.60 bits per heavy atom. The highest BCUT2D eigenvalue weighted by Crippen LogP contribution is 2.29. The third kappa shape index (κ3) is 3.92. The number of nitrogens with one attached hydrogen (secondary N) is 1. The zero-order valence-electron chi connectivity index (χ0n) is 13.0. The van der Waals surface area contributed by atoms with Crippen molar-refractivity contribution >= 4 is 5.82 Å². The molecule has 0 saturated heterocycles. The van der Waals surface area contributed by atoms with Crippen molar-refractivity contribution < 1.29 is 0 Å². The molecule has 4 nitrogen and oxygen atoms in total. The van der Waals surface area contributed by atoms with Crippen LogP contribution in [0.25, 0.3) is 0 Å². The van der Waals surface area contributed by atoms with Crippen LogP contribution in [-0.4, -0.2) is 23.1 Å². The van der Waals surface area contributed by atoms with Crippen molar-refractivity contribution in [2.24, 2.45) is 17.6 Å².